The molecule has 3 nitrogen and oxygen atoms in total. The molecule has 0 aromatic heterocycles. The summed E-state index contributed by atoms with van der Waals surface area (Å²) in [4.78, 5) is 12.0. The Morgan fingerprint density at radius 1 is 1.19 bits per heavy atom. The molecule has 3 heteroatoms. The van der Waals surface area contributed by atoms with Crippen LogP contribution in [0.2, 0.25) is 0 Å². The highest BCUT2D eigenvalue weighted by Crippen LogP contribution is 2.50. The quantitative estimate of drug-likeness (QED) is 0.590. The van der Waals surface area contributed by atoms with Gasteiger partial charge in [0.25, 0.3) is 0 Å². The van der Waals surface area contributed by atoms with E-state index in [1.165, 1.54) is 39.1 Å². The molecule has 1 unspecified atom stereocenters. The van der Waals surface area contributed by atoms with Gasteiger partial charge >= 0.3 is 0 Å². The smallest absolute Gasteiger partial charge is 0.226 e. The Morgan fingerprint density at radius 2 is 2.10 bits per heavy atom. The van der Waals surface area contributed by atoms with Gasteiger partial charge in [0.1, 0.15) is 0 Å². The maximum atomic E-state index is 4.92. The van der Waals surface area contributed by atoms with Crippen molar-refractivity contribution in [2.24, 2.45) is 15.9 Å². The minimum absolute atomic E-state index is 0.0372. The van der Waals surface area contributed by atoms with E-state index in [0.29, 0.717) is 5.92 Å². The molecule has 5 aliphatic rings. The fourth-order valence-corrected chi connectivity index (χ4v) is 5.48. The van der Waals surface area contributed by atoms with E-state index in [-0.39, 0.29) is 11.5 Å². The van der Waals surface area contributed by atoms with Crippen LogP contribution in [0, 0.1) is 5.92 Å². The third kappa shape index (κ3) is 3.02. The van der Waals surface area contributed by atoms with Crippen molar-refractivity contribution in [3.8, 4) is 0 Å². The lowest BCUT2D eigenvalue weighted by molar-refractivity contribution is 0.621. The van der Waals surface area contributed by atoms with Crippen LogP contribution in [0.15, 0.2) is 81.4 Å². The summed E-state index contributed by atoms with van der Waals surface area (Å²) in [6.07, 6.45) is 18.9. The lowest BCUT2D eigenvalue weighted by Crippen LogP contribution is -2.36. The van der Waals surface area contributed by atoms with Crippen LogP contribution in [-0.2, 0) is 5.41 Å². The molecule has 1 aromatic rings. The molecule has 2 atom stereocenters. The molecule has 0 spiro atoms. The average molecular weight is 408 g/mol. The fraction of sp³-hybridized carbons (Fsp3) is 0.357. The van der Waals surface area contributed by atoms with Crippen LogP contribution in [0.25, 0.3) is 5.57 Å². The number of allylic oxidation sites excluding steroid dienone is 7. The van der Waals surface area contributed by atoms with Crippen molar-refractivity contribution in [2.45, 2.75) is 51.5 Å². The summed E-state index contributed by atoms with van der Waals surface area (Å²) in [5, 5.41) is 0. The van der Waals surface area contributed by atoms with Gasteiger partial charge in [0.15, 0.2) is 0 Å². The van der Waals surface area contributed by atoms with Gasteiger partial charge in [0, 0.05) is 29.8 Å². The number of hydrogen-bond donors (Lipinski definition) is 0. The highest BCUT2D eigenvalue weighted by atomic mass is 15.3. The number of fused-ring (bicyclic) bond motifs is 3. The highest BCUT2D eigenvalue weighted by molar-refractivity contribution is 6.08. The zero-order valence-corrected chi connectivity index (χ0v) is 18.6. The summed E-state index contributed by atoms with van der Waals surface area (Å²) in [7, 11) is 0. The predicted molar refractivity (Wildman–Crippen MR) is 131 cm³/mol. The van der Waals surface area contributed by atoms with Crippen LogP contribution >= 0.6 is 0 Å². The molecule has 0 N–H and O–H groups in total. The molecule has 156 valence electrons. The van der Waals surface area contributed by atoms with Gasteiger partial charge in [-0.1, -0.05) is 55.9 Å². The minimum atomic E-state index is 0.0372. The molecular weight excluding hydrogens is 378 g/mol. The summed E-state index contributed by atoms with van der Waals surface area (Å²) in [6.45, 7) is 7.88. The molecule has 1 heterocycles. The summed E-state index contributed by atoms with van der Waals surface area (Å²) in [6, 6.07) is 7.28. The third-order valence-corrected chi connectivity index (χ3v) is 7.53. The Morgan fingerprint density at radius 3 is 2.94 bits per heavy atom. The first-order valence-corrected chi connectivity index (χ1v) is 11.5. The van der Waals surface area contributed by atoms with E-state index >= 15 is 0 Å². The van der Waals surface area contributed by atoms with Crippen molar-refractivity contribution in [3.05, 3.63) is 82.5 Å². The van der Waals surface area contributed by atoms with E-state index in [1.807, 2.05) is 6.21 Å². The van der Waals surface area contributed by atoms with Crippen LogP contribution in [0.1, 0.15) is 51.2 Å². The van der Waals surface area contributed by atoms with Crippen LogP contribution in [-0.4, -0.2) is 24.8 Å². The molecule has 4 aliphatic carbocycles. The van der Waals surface area contributed by atoms with Crippen LogP contribution < -0.4 is 4.90 Å². The van der Waals surface area contributed by atoms with E-state index in [9.17, 15) is 0 Å². The van der Waals surface area contributed by atoms with Crippen molar-refractivity contribution in [1.29, 1.82) is 0 Å². The summed E-state index contributed by atoms with van der Waals surface area (Å²) in [5.41, 5.74) is 9.83. The molecule has 1 aromatic carbocycles. The number of benzene rings is 1. The number of anilines is 1. The van der Waals surface area contributed by atoms with Gasteiger partial charge in [-0.15, -0.1) is 0 Å². The Labute approximate surface area is 185 Å². The number of hydrogen-bond acceptors (Lipinski definition) is 3. The molecule has 31 heavy (non-hydrogen) atoms. The second-order valence-corrected chi connectivity index (χ2v) is 9.87. The van der Waals surface area contributed by atoms with Crippen LogP contribution in [0.3, 0.4) is 0 Å². The zero-order chi connectivity index (χ0) is 21.2. The second kappa shape index (κ2) is 6.78. The number of aliphatic imine (C=N–C) groups is 2. The second-order valence-electron chi connectivity index (χ2n) is 9.87. The number of guanidine groups is 1. The van der Waals surface area contributed by atoms with Crippen molar-refractivity contribution >= 4 is 23.4 Å². The monoisotopic (exact) mass is 407 g/mol. The molecule has 0 bridgehead atoms. The van der Waals surface area contributed by atoms with Gasteiger partial charge in [0.2, 0.25) is 5.96 Å². The van der Waals surface area contributed by atoms with Crippen molar-refractivity contribution in [3.63, 3.8) is 0 Å². The van der Waals surface area contributed by atoms with Gasteiger partial charge in [-0.2, -0.15) is 0 Å². The van der Waals surface area contributed by atoms with E-state index in [0.717, 1.165) is 31.8 Å². The van der Waals surface area contributed by atoms with E-state index in [2.05, 4.69) is 80.3 Å². The molecule has 6 rings (SSSR count). The van der Waals surface area contributed by atoms with E-state index < -0.39 is 0 Å². The normalized spacial score (nSPS) is 26.6. The summed E-state index contributed by atoms with van der Waals surface area (Å²) in [5.74, 6) is 1.32. The maximum absolute atomic E-state index is 4.92. The summed E-state index contributed by atoms with van der Waals surface area (Å²) >= 11 is 0. The molecule has 0 saturated carbocycles. The largest absolute Gasteiger partial charge is 0.310 e. The lowest BCUT2D eigenvalue weighted by atomic mass is 9.80. The van der Waals surface area contributed by atoms with E-state index in [4.69, 9.17) is 9.98 Å². The van der Waals surface area contributed by atoms with E-state index in [1.54, 1.807) is 0 Å². The predicted octanol–water partition coefficient (Wildman–Crippen LogP) is 6.16. The lowest BCUT2D eigenvalue weighted by Gasteiger charge is -2.31. The molecule has 0 fully saturated rings. The Kier molecular flexibility index (Phi) is 4.11. The molecule has 0 saturated heterocycles. The van der Waals surface area contributed by atoms with Gasteiger partial charge in [-0.3, -0.25) is 0 Å². The van der Waals surface area contributed by atoms with Crippen LogP contribution in [0.5, 0.6) is 0 Å². The Balaban J connectivity index is 1.40. The molecule has 1 aliphatic heterocycles. The third-order valence-electron chi connectivity index (χ3n) is 7.53. The highest BCUT2D eigenvalue weighted by Gasteiger charge is 2.38. The Bertz CT molecular complexity index is 1180. The first-order chi connectivity index (χ1) is 15.0. The number of nitrogens with zero attached hydrogens (tertiary/aromatic N) is 3. The molecule has 0 amide bonds. The molecule has 0 radical (unpaired) electrons. The van der Waals surface area contributed by atoms with Crippen molar-refractivity contribution in [1.82, 2.24) is 0 Å². The van der Waals surface area contributed by atoms with Crippen LogP contribution in [0.4, 0.5) is 5.69 Å². The van der Waals surface area contributed by atoms with Crippen molar-refractivity contribution < 1.29 is 0 Å². The summed E-state index contributed by atoms with van der Waals surface area (Å²) < 4.78 is 0. The standard InChI is InChI=1S/C28H29N3/c1-18-8-4-5-9-19(18)17-31(27-29-16-20-14-26(20)30-27)21-12-13-23-22-10-6-7-11-24(22)28(2,3)25(23)15-21/h4-5,7-8,11-16,19,26H,6,9-10,17H2,1-3H3/t19-,26?/m1/s1. The minimum Gasteiger partial charge on any atom is -0.310 e. The fourth-order valence-electron chi connectivity index (χ4n) is 5.48. The average Bonchev–Trinajstić information content (AvgIpc) is 3.53. The van der Waals surface area contributed by atoms with Gasteiger partial charge < -0.3 is 4.90 Å². The maximum Gasteiger partial charge on any atom is 0.226 e. The number of rotatable bonds is 3. The molecular formula is C28H29N3. The van der Waals surface area contributed by atoms with Gasteiger partial charge in [0.05, 0.1) is 6.04 Å². The zero-order valence-electron chi connectivity index (χ0n) is 18.6. The SMILES string of the molecule is CC1=CC=CC[C@@H]1CN(C1=NC2C=C2C=N1)c1ccc2c(c1)C(C)(C)C1=C2CCC=C1. The first kappa shape index (κ1) is 18.8. The van der Waals surface area contributed by atoms with Gasteiger partial charge in [-0.25, -0.2) is 9.98 Å². The Hall–Kier alpha value is -2.94. The van der Waals surface area contributed by atoms with Gasteiger partial charge in [-0.05, 0) is 72.2 Å². The van der Waals surface area contributed by atoms with Crippen molar-refractivity contribution in [2.75, 3.05) is 11.4 Å². The topological polar surface area (TPSA) is 28.0 Å². The first-order valence-electron chi connectivity index (χ1n) is 11.5.